The standard InChI is InChI=1S/C24H25N5O2/c1-17(30)28-21-8-2-6-19(14-21)23-24(27-11-10-26-23)20-7-4-12-29(16-20)22(31)13-18-5-3-9-25-15-18/h2-3,5-6,8-11,14-15,20H,4,7,12-13,16H2,1H3,(H,28,30)/t20-/m0/s1. The maximum absolute atomic E-state index is 12.9. The molecule has 31 heavy (non-hydrogen) atoms. The van der Waals surface area contributed by atoms with Gasteiger partial charge in [-0.2, -0.15) is 0 Å². The minimum Gasteiger partial charge on any atom is -0.342 e. The van der Waals surface area contributed by atoms with Crippen LogP contribution in [0.2, 0.25) is 0 Å². The van der Waals surface area contributed by atoms with E-state index in [2.05, 4.69) is 20.3 Å². The average molecular weight is 415 g/mol. The summed E-state index contributed by atoms with van der Waals surface area (Å²) in [5, 5.41) is 2.81. The van der Waals surface area contributed by atoms with E-state index in [1.807, 2.05) is 41.3 Å². The van der Waals surface area contributed by atoms with Crippen molar-refractivity contribution in [1.29, 1.82) is 0 Å². The summed E-state index contributed by atoms with van der Waals surface area (Å²) < 4.78 is 0. The van der Waals surface area contributed by atoms with Crippen molar-refractivity contribution in [2.75, 3.05) is 18.4 Å². The van der Waals surface area contributed by atoms with Gasteiger partial charge in [-0.05, 0) is 36.6 Å². The monoisotopic (exact) mass is 415 g/mol. The number of likely N-dealkylation sites (tertiary alicyclic amines) is 1. The Morgan fingerprint density at radius 3 is 2.81 bits per heavy atom. The third kappa shape index (κ3) is 5.12. The molecule has 1 N–H and O–H groups in total. The molecule has 0 saturated carbocycles. The summed E-state index contributed by atoms with van der Waals surface area (Å²) in [6.45, 7) is 2.86. The molecule has 7 heteroatoms. The van der Waals surface area contributed by atoms with Gasteiger partial charge in [0.05, 0.1) is 17.8 Å². The van der Waals surface area contributed by atoms with Crippen molar-refractivity contribution in [3.8, 4) is 11.3 Å². The largest absolute Gasteiger partial charge is 0.342 e. The number of benzene rings is 1. The highest BCUT2D eigenvalue weighted by molar-refractivity contribution is 5.89. The molecule has 7 nitrogen and oxygen atoms in total. The molecule has 0 radical (unpaired) electrons. The second-order valence-corrected chi connectivity index (χ2v) is 7.77. The molecule has 3 heterocycles. The van der Waals surface area contributed by atoms with E-state index in [9.17, 15) is 9.59 Å². The van der Waals surface area contributed by atoms with E-state index >= 15 is 0 Å². The van der Waals surface area contributed by atoms with Crippen molar-refractivity contribution in [2.45, 2.75) is 32.1 Å². The van der Waals surface area contributed by atoms with E-state index in [0.717, 1.165) is 47.6 Å². The number of carbonyl (C=O) groups excluding carboxylic acids is 2. The molecule has 1 aliphatic rings. The molecule has 1 fully saturated rings. The molecule has 158 valence electrons. The molecule has 1 aliphatic heterocycles. The van der Waals surface area contributed by atoms with Gasteiger partial charge in [-0.1, -0.05) is 18.2 Å². The predicted molar refractivity (Wildman–Crippen MR) is 118 cm³/mol. The summed E-state index contributed by atoms with van der Waals surface area (Å²) >= 11 is 0. The van der Waals surface area contributed by atoms with Crippen LogP contribution in [0, 0.1) is 0 Å². The van der Waals surface area contributed by atoms with E-state index in [0.29, 0.717) is 13.0 Å². The quantitative estimate of drug-likeness (QED) is 0.690. The first-order valence-corrected chi connectivity index (χ1v) is 10.5. The van der Waals surface area contributed by atoms with Crippen molar-refractivity contribution in [3.05, 3.63) is 72.4 Å². The smallest absolute Gasteiger partial charge is 0.227 e. The second-order valence-electron chi connectivity index (χ2n) is 7.77. The molecular weight excluding hydrogens is 390 g/mol. The van der Waals surface area contributed by atoms with E-state index in [1.54, 1.807) is 24.8 Å². The SMILES string of the molecule is CC(=O)Nc1cccc(-c2nccnc2[C@H]2CCCN(C(=O)Cc3cccnc3)C2)c1. The lowest BCUT2D eigenvalue weighted by atomic mass is 9.91. The van der Waals surface area contributed by atoms with Crippen molar-refractivity contribution >= 4 is 17.5 Å². The highest BCUT2D eigenvalue weighted by Crippen LogP contribution is 2.32. The molecular formula is C24H25N5O2. The second kappa shape index (κ2) is 9.47. The summed E-state index contributed by atoms with van der Waals surface area (Å²) in [6.07, 6.45) is 9.06. The zero-order chi connectivity index (χ0) is 21.6. The van der Waals surface area contributed by atoms with Gasteiger partial charge < -0.3 is 10.2 Å². The van der Waals surface area contributed by atoms with Gasteiger partial charge in [-0.25, -0.2) is 0 Å². The van der Waals surface area contributed by atoms with Crippen LogP contribution in [0.5, 0.6) is 0 Å². The summed E-state index contributed by atoms with van der Waals surface area (Å²) in [7, 11) is 0. The van der Waals surface area contributed by atoms with Gasteiger partial charge in [0.25, 0.3) is 0 Å². The first kappa shape index (κ1) is 20.7. The number of nitrogens with one attached hydrogen (secondary N) is 1. The Hall–Kier alpha value is -3.61. The molecule has 1 atom stereocenters. The average Bonchev–Trinajstić information content (AvgIpc) is 2.79. The lowest BCUT2D eigenvalue weighted by Crippen LogP contribution is -2.40. The number of aromatic nitrogens is 3. The fourth-order valence-electron chi connectivity index (χ4n) is 4.03. The lowest BCUT2D eigenvalue weighted by Gasteiger charge is -2.33. The Bertz CT molecular complexity index is 1070. The maximum atomic E-state index is 12.9. The van der Waals surface area contributed by atoms with Crippen LogP contribution < -0.4 is 5.32 Å². The predicted octanol–water partition coefficient (Wildman–Crippen LogP) is 3.45. The third-order valence-electron chi connectivity index (χ3n) is 5.42. The van der Waals surface area contributed by atoms with E-state index in [1.165, 1.54) is 6.92 Å². The molecule has 0 bridgehead atoms. The number of hydrogen-bond donors (Lipinski definition) is 1. The number of carbonyl (C=O) groups is 2. The van der Waals surface area contributed by atoms with Crippen molar-refractivity contribution < 1.29 is 9.59 Å². The van der Waals surface area contributed by atoms with Gasteiger partial charge in [0, 0.05) is 62.0 Å². The highest BCUT2D eigenvalue weighted by Gasteiger charge is 2.28. The van der Waals surface area contributed by atoms with Crippen LogP contribution in [0.15, 0.2) is 61.2 Å². The fraction of sp³-hybridized carbons (Fsp3) is 0.292. The first-order chi connectivity index (χ1) is 15.1. The minimum atomic E-state index is -0.119. The van der Waals surface area contributed by atoms with Crippen LogP contribution in [-0.2, 0) is 16.0 Å². The highest BCUT2D eigenvalue weighted by atomic mass is 16.2. The fourth-order valence-corrected chi connectivity index (χ4v) is 4.03. The van der Waals surface area contributed by atoms with Gasteiger partial charge >= 0.3 is 0 Å². The molecule has 0 aliphatic carbocycles. The van der Waals surface area contributed by atoms with E-state index in [4.69, 9.17) is 0 Å². The zero-order valence-corrected chi connectivity index (χ0v) is 17.5. The molecule has 1 saturated heterocycles. The van der Waals surface area contributed by atoms with Gasteiger partial charge in [0.1, 0.15) is 0 Å². The van der Waals surface area contributed by atoms with E-state index in [-0.39, 0.29) is 17.7 Å². The summed E-state index contributed by atoms with van der Waals surface area (Å²) in [6, 6.07) is 11.4. The summed E-state index contributed by atoms with van der Waals surface area (Å²) in [5.41, 5.74) is 4.22. The molecule has 2 aromatic heterocycles. The lowest BCUT2D eigenvalue weighted by molar-refractivity contribution is -0.131. The Labute approximate surface area is 181 Å². The molecule has 4 rings (SSSR count). The maximum Gasteiger partial charge on any atom is 0.227 e. The number of pyridine rings is 1. The number of piperidine rings is 1. The van der Waals surface area contributed by atoms with Crippen LogP contribution in [0.4, 0.5) is 5.69 Å². The van der Waals surface area contributed by atoms with Crippen LogP contribution in [0.1, 0.15) is 36.9 Å². The molecule has 0 spiro atoms. The number of amides is 2. The first-order valence-electron chi connectivity index (χ1n) is 10.5. The van der Waals surface area contributed by atoms with Crippen LogP contribution in [-0.4, -0.2) is 44.8 Å². The van der Waals surface area contributed by atoms with Crippen LogP contribution in [0.3, 0.4) is 0 Å². The van der Waals surface area contributed by atoms with Crippen molar-refractivity contribution in [2.24, 2.45) is 0 Å². The van der Waals surface area contributed by atoms with Crippen molar-refractivity contribution in [3.63, 3.8) is 0 Å². The van der Waals surface area contributed by atoms with Gasteiger partial charge in [0.2, 0.25) is 11.8 Å². The van der Waals surface area contributed by atoms with Gasteiger partial charge in [-0.3, -0.25) is 24.5 Å². The molecule has 0 unspecified atom stereocenters. The normalized spacial score (nSPS) is 16.0. The third-order valence-corrected chi connectivity index (χ3v) is 5.42. The number of nitrogens with zero attached hydrogens (tertiary/aromatic N) is 4. The topological polar surface area (TPSA) is 88.1 Å². The molecule has 1 aromatic carbocycles. The molecule has 2 amide bonds. The Kier molecular flexibility index (Phi) is 6.31. The Morgan fingerprint density at radius 1 is 1.13 bits per heavy atom. The summed E-state index contributed by atoms with van der Waals surface area (Å²) in [4.78, 5) is 39.6. The van der Waals surface area contributed by atoms with E-state index < -0.39 is 0 Å². The Balaban J connectivity index is 1.55. The Morgan fingerprint density at radius 2 is 2.00 bits per heavy atom. The number of anilines is 1. The minimum absolute atomic E-state index is 0.107. The van der Waals surface area contributed by atoms with Gasteiger partial charge in [-0.15, -0.1) is 0 Å². The van der Waals surface area contributed by atoms with Gasteiger partial charge in [0.15, 0.2) is 0 Å². The van der Waals surface area contributed by atoms with Crippen molar-refractivity contribution in [1.82, 2.24) is 19.9 Å². The summed E-state index contributed by atoms with van der Waals surface area (Å²) in [5.74, 6) is 0.0992. The number of rotatable bonds is 5. The zero-order valence-electron chi connectivity index (χ0n) is 17.5. The van der Waals surface area contributed by atoms with Crippen LogP contribution in [0.25, 0.3) is 11.3 Å². The van der Waals surface area contributed by atoms with Crippen LogP contribution >= 0.6 is 0 Å². The molecule has 3 aromatic rings. The number of hydrogen-bond acceptors (Lipinski definition) is 5.